The van der Waals surface area contributed by atoms with Gasteiger partial charge in [0.2, 0.25) is 0 Å². The molecule has 1 unspecified atom stereocenters. The molecule has 0 fully saturated rings. The number of carbonyl (C=O) groups is 1. The highest BCUT2D eigenvalue weighted by atomic mass is 32.1. The lowest BCUT2D eigenvalue weighted by molar-refractivity contribution is -0.164. The van der Waals surface area contributed by atoms with Crippen molar-refractivity contribution in [3.8, 4) is 0 Å². The van der Waals surface area contributed by atoms with Crippen molar-refractivity contribution in [1.29, 1.82) is 0 Å². The van der Waals surface area contributed by atoms with Crippen molar-refractivity contribution in [3.63, 3.8) is 0 Å². The highest BCUT2D eigenvalue weighted by molar-refractivity contribution is 7.81. The predicted molar refractivity (Wildman–Crippen MR) is 36.2 cm³/mol. The van der Waals surface area contributed by atoms with E-state index in [2.05, 4.69) is 17.4 Å². The van der Waals surface area contributed by atoms with Crippen LogP contribution >= 0.6 is 12.6 Å². The zero-order valence-electron chi connectivity index (χ0n) is 5.20. The lowest BCUT2D eigenvalue weighted by atomic mass is 10.5. The number of thiol groups is 1. The first-order valence-corrected chi connectivity index (χ1v) is 3.32. The van der Waals surface area contributed by atoms with Gasteiger partial charge in [0.1, 0.15) is 0 Å². The van der Waals surface area contributed by atoms with E-state index in [0.717, 1.165) is 0 Å². The molecule has 0 radical (unpaired) electrons. The topological polar surface area (TPSA) is 46.5 Å². The average Bonchev–Trinajstić information content (AvgIpc) is 1.87. The molecule has 0 aliphatic heterocycles. The minimum absolute atomic E-state index is 0.0110. The van der Waals surface area contributed by atoms with Gasteiger partial charge in [-0.05, 0) is 0 Å². The zero-order chi connectivity index (χ0) is 7.28. The fourth-order valence-electron chi connectivity index (χ4n) is 0.272. The smallest absolute Gasteiger partial charge is 0.317 e. The second-order valence-electron chi connectivity index (χ2n) is 1.51. The molecule has 0 bridgehead atoms. The van der Waals surface area contributed by atoms with Gasteiger partial charge in [-0.25, -0.2) is 0 Å². The van der Waals surface area contributed by atoms with Crippen LogP contribution in [0.15, 0.2) is 0 Å². The Labute approximate surface area is 59.4 Å². The van der Waals surface area contributed by atoms with Gasteiger partial charge in [-0.2, -0.15) is 12.6 Å². The van der Waals surface area contributed by atoms with E-state index in [4.69, 9.17) is 5.11 Å². The number of aliphatic hydroxyl groups excluding tert-OH is 1. The summed E-state index contributed by atoms with van der Waals surface area (Å²) < 4.78 is 4.39. The minimum Gasteiger partial charge on any atom is -0.435 e. The number of hydrogen-bond acceptors (Lipinski definition) is 4. The Morgan fingerprint density at radius 1 is 1.89 bits per heavy atom. The Balaban J connectivity index is 3.34. The summed E-state index contributed by atoms with van der Waals surface area (Å²) in [5.74, 6) is -0.482. The van der Waals surface area contributed by atoms with E-state index < -0.39 is 12.3 Å². The highest BCUT2D eigenvalue weighted by Crippen LogP contribution is 1.93. The number of esters is 1. The summed E-state index contributed by atoms with van der Waals surface area (Å²) in [4.78, 5) is 10.3. The van der Waals surface area contributed by atoms with Crippen LogP contribution in [0.3, 0.4) is 0 Å². The van der Waals surface area contributed by atoms with Crippen LogP contribution in [0, 0.1) is 0 Å². The van der Waals surface area contributed by atoms with Gasteiger partial charge in [-0.15, -0.1) is 0 Å². The molecule has 1 atom stereocenters. The van der Waals surface area contributed by atoms with Crippen molar-refractivity contribution in [2.75, 3.05) is 5.75 Å². The van der Waals surface area contributed by atoms with E-state index in [1.807, 2.05) is 0 Å². The maximum Gasteiger partial charge on any atom is 0.317 e. The van der Waals surface area contributed by atoms with Gasteiger partial charge in [-0.1, -0.05) is 6.92 Å². The lowest BCUT2D eigenvalue weighted by Crippen LogP contribution is -2.17. The second-order valence-corrected chi connectivity index (χ2v) is 1.83. The van der Waals surface area contributed by atoms with E-state index in [1.165, 1.54) is 0 Å². The third-order valence-corrected chi connectivity index (χ3v) is 1.00. The summed E-state index contributed by atoms with van der Waals surface area (Å²) in [6.45, 7) is 1.72. The van der Waals surface area contributed by atoms with Crippen LogP contribution in [0.5, 0.6) is 0 Å². The molecule has 0 aromatic heterocycles. The molecule has 54 valence electrons. The molecule has 0 spiro atoms. The molecular weight excluding hydrogens is 140 g/mol. The molecule has 0 saturated carbocycles. The number of rotatable bonds is 3. The Kier molecular flexibility index (Phi) is 4.53. The lowest BCUT2D eigenvalue weighted by Gasteiger charge is -2.06. The maximum absolute atomic E-state index is 10.3. The summed E-state index contributed by atoms with van der Waals surface area (Å²) in [7, 11) is 0. The van der Waals surface area contributed by atoms with Crippen LogP contribution < -0.4 is 0 Å². The Bertz CT molecular complexity index is 94.2. The molecule has 0 aromatic rings. The van der Waals surface area contributed by atoms with Crippen LogP contribution in [-0.2, 0) is 9.53 Å². The minimum atomic E-state index is -0.968. The molecule has 0 saturated heterocycles. The Morgan fingerprint density at radius 2 is 2.44 bits per heavy atom. The summed E-state index contributed by atoms with van der Waals surface area (Å²) in [6.07, 6.45) is -0.552. The number of ether oxygens (including phenoxy) is 1. The van der Waals surface area contributed by atoms with Gasteiger partial charge < -0.3 is 9.84 Å². The monoisotopic (exact) mass is 150 g/mol. The van der Waals surface area contributed by atoms with Crippen LogP contribution in [0.2, 0.25) is 0 Å². The van der Waals surface area contributed by atoms with Crippen LogP contribution in [0.4, 0.5) is 0 Å². The van der Waals surface area contributed by atoms with E-state index in [1.54, 1.807) is 6.92 Å². The number of hydrogen-bond donors (Lipinski definition) is 2. The van der Waals surface area contributed by atoms with Gasteiger partial charge in [0.15, 0.2) is 6.29 Å². The zero-order valence-corrected chi connectivity index (χ0v) is 6.10. The van der Waals surface area contributed by atoms with Crippen molar-refractivity contribution < 1.29 is 14.6 Å². The quantitative estimate of drug-likeness (QED) is 0.343. The van der Waals surface area contributed by atoms with Gasteiger partial charge in [0.25, 0.3) is 0 Å². The predicted octanol–water partition coefficient (Wildman–Crippen LogP) is 0.188. The molecule has 1 N–H and O–H groups in total. The van der Waals surface area contributed by atoms with Gasteiger partial charge in [0.05, 0.1) is 5.75 Å². The fourth-order valence-corrected chi connectivity index (χ4v) is 0.347. The molecule has 0 aliphatic carbocycles. The first kappa shape index (κ1) is 8.78. The maximum atomic E-state index is 10.3. The SMILES string of the molecule is CCC(O)OC(=O)CS. The largest absolute Gasteiger partial charge is 0.435 e. The third kappa shape index (κ3) is 4.29. The van der Waals surface area contributed by atoms with E-state index in [-0.39, 0.29) is 5.75 Å². The molecule has 9 heavy (non-hydrogen) atoms. The van der Waals surface area contributed by atoms with Crippen LogP contribution in [-0.4, -0.2) is 23.1 Å². The van der Waals surface area contributed by atoms with E-state index >= 15 is 0 Å². The van der Waals surface area contributed by atoms with Gasteiger partial charge in [-0.3, -0.25) is 4.79 Å². The summed E-state index contributed by atoms with van der Waals surface area (Å²) >= 11 is 3.64. The van der Waals surface area contributed by atoms with Crippen molar-refractivity contribution in [3.05, 3.63) is 0 Å². The Hall–Kier alpha value is -0.220. The molecule has 0 heterocycles. The third-order valence-electron chi connectivity index (χ3n) is 0.746. The van der Waals surface area contributed by atoms with Crippen molar-refractivity contribution in [1.82, 2.24) is 0 Å². The molecule has 0 rings (SSSR count). The second kappa shape index (κ2) is 4.64. The highest BCUT2D eigenvalue weighted by Gasteiger charge is 2.04. The van der Waals surface area contributed by atoms with Crippen molar-refractivity contribution >= 4 is 18.6 Å². The molecule has 4 heteroatoms. The van der Waals surface area contributed by atoms with Crippen molar-refractivity contribution in [2.45, 2.75) is 19.6 Å². The summed E-state index contributed by atoms with van der Waals surface area (Å²) in [6, 6.07) is 0. The molecular formula is C5H10O3S. The normalized spacial score (nSPS) is 12.8. The average molecular weight is 150 g/mol. The van der Waals surface area contributed by atoms with E-state index in [9.17, 15) is 4.79 Å². The first-order chi connectivity index (χ1) is 4.20. The number of carbonyl (C=O) groups excluding carboxylic acids is 1. The molecule has 0 aliphatic rings. The van der Waals surface area contributed by atoms with Crippen LogP contribution in [0.25, 0.3) is 0 Å². The Morgan fingerprint density at radius 3 is 2.78 bits per heavy atom. The van der Waals surface area contributed by atoms with Crippen molar-refractivity contribution in [2.24, 2.45) is 0 Å². The van der Waals surface area contributed by atoms with E-state index in [0.29, 0.717) is 6.42 Å². The summed E-state index contributed by atoms with van der Waals surface area (Å²) in [5.41, 5.74) is 0. The van der Waals surface area contributed by atoms with Gasteiger partial charge >= 0.3 is 5.97 Å². The molecule has 0 amide bonds. The first-order valence-electron chi connectivity index (χ1n) is 2.69. The summed E-state index contributed by atoms with van der Waals surface area (Å²) in [5, 5.41) is 8.68. The standard InChI is InChI=1S/C5H10O3S/c1-2-4(6)8-5(7)3-9/h4,6,9H,2-3H2,1H3. The van der Waals surface area contributed by atoms with Gasteiger partial charge in [0, 0.05) is 6.42 Å². The fraction of sp³-hybridized carbons (Fsp3) is 0.800. The molecule has 0 aromatic carbocycles. The number of aliphatic hydroxyl groups is 1. The molecule has 3 nitrogen and oxygen atoms in total. The van der Waals surface area contributed by atoms with Crippen LogP contribution in [0.1, 0.15) is 13.3 Å².